The predicted octanol–water partition coefficient (Wildman–Crippen LogP) is 6.09. The number of carbonyl (C=O) groups is 1. The molecule has 1 fully saturated rings. The monoisotopic (exact) mass is 553 g/mol. The molecule has 1 aliphatic rings. The van der Waals surface area contributed by atoms with Gasteiger partial charge in [0.1, 0.15) is 17.7 Å². The summed E-state index contributed by atoms with van der Waals surface area (Å²) in [7, 11) is 0. The highest BCUT2D eigenvalue weighted by atomic mass is 16.5. The molecule has 9 heteroatoms. The van der Waals surface area contributed by atoms with E-state index in [9.17, 15) is 9.90 Å². The van der Waals surface area contributed by atoms with Crippen molar-refractivity contribution in [2.24, 2.45) is 0 Å². The van der Waals surface area contributed by atoms with Gasteiger partial charge in [-0.3, -0.25) is 9.78 Å². The average molecular weight is 554 g/mol. The van der Waals surface area contributed by atoms with E-state index in [2.05, 4.69) is 20.2 Å². The molecule has 4 aromatic rings. The molecule has 2 aromatic heterocycles. The number of pyridine rings is 1. The smallest absolute Gasteiger partial charge is 0.313 e. The molecule has 1 atom stereocenters. The summed E-state index contributed by atoms with van der Waals surface area (Å²) in [6, 6.07) is 19.2. The first-order chi connectivity index (χ1) is 19.8. The van der Waals surface area contributed by atoms with E-state index >= 15 is 0 Å². The quantitative estimate of drug-likeness (QED) is 0.241. The molecule has 5 rings (SSSR count). The predicted molar refractivity (Wildman–Crippen MR) is 159 cm³/mol. The highest BCUT2D eigenvalue weighted by molar-refractivity contribution is 5.81. The van der Waals surface area contributed by atoms with Crippen LogP contribution in [0.25, 0.3) is 11.1 Å². The Labute approximate surface area is 240 Å². The molecule has 212 valence electrons. The maximum Gasteiger partial charge on any atom is 0.313 e. The van der Waals surface area contributed by atoms with Gasteiger partial charge in [-0.1, -0.05) is 36.4 Å². The summed E-state index contributed by atoms with van der Waals surface area (Å²) in [6.07, 6.45) is 7.08. The number of carboxylic acids is 1. The zero-order valence-corrected chi connectivity index (χ0v) is 23.6. The van der Waals surface area contributed by atoms with Crippen LogP contribution < -0.4 is 19.7 Å². The minimum absolute atomic E-state index is 0.00369. The SMILES string of the molecule is CCOc1ccccc1OC1CCCN(c2cncc(Nc3cc(-c4cccc(C(C)(C)C(=O)O)c4)ccn3)n2)C1. The Bertz CT molecular complexity index is 1510. The molecule has 0 spiro atoms. The van der Waals surface area contributed by atoms with E-state index in [0.29, 0.717) is 24.8 Å². The molecule has 9 nitrogen and oxygen atoms in total. The van der Waals surface area contributed by atoms with Crippen molar-refractivity contribution >= 4 is 23.4 Å². The molecular formula is C32H35N5O4. The first-order valence-corrected chi connectivity index (χ1v) is 13.9. The van der Waals surface area contributed by atoms with E-state index in [1.807, 2.05) is 67.6 Å². The number of anilines is 3. The summed E-state index contributed by atoms with van der Waals surface area (Å²) in [5, 5.41) is 12.9. The van der Waals surface area contributed by atoms with Gasteiger partial charge >= 0.3 is 5.97 Å². The molecule has 2 aromatic carbocycles. The summed E-state index contributed by atoms with van der Waals surface area (Å²) in [5.74, 6) is 2.60. The second kappa shape index (κ2) is 12.2. The average Bonchev–Trinajstić information content (AvgIpc) is 2.99. The normalized spacial score (nSPS) is 15.3. The summed E-state index contributed by atoms with van der Waals surface area (Å²) < 4.78 is 12.1. The third-order valence-electron chi connectivity index (χ3n) is 7.23. The van der Waals surface area contributed by atoms with Crippen LogP contribution >= 0.6 is 0 Å². The van der Waals surface area contributed by atoms with Gasteiger partial charge in [-0.25, -0.2) is 9.97 Å². The third kappa shape index (κ3) is 6.57. The van der Waals surface area contributed by atoms with E-state index in [4.69, 9.17) is 14.5 Å². The third-order valence-corrected chi connectivity index (χ3v) is 7.23. The Hall–Kier alpha value is -4.66. The van der Waals surface area contributed by atoms with Crippen molar-refractivity contribution in [3.63, 3.8) is 0 Å². The Morgan fingerprint density at radius 2 is 1.85 bits per heavy atom. The van der Waals surface area contributed by atoms with E-state index in [1.54, 1.807) is 32.4 Å². The van der Waals surface area contributed by atoms with Gasteiger partial charge in [-0.2, -0.15) is 0 Å². The number of para-hydroxylation sites is 2. The molecule has 0 bridgehead atoms. The lowest BCUT2D eigenvalue weighted by molar-refractivity contribution is -0.142. The summed E-state index contributed by atoms with van der Waals surface area (Å²) in [5.41, 5.74) is 1.56. The zero-order valence-electron chi connectivity index (χ0n) is 23.6. The highest BCUT2D eigenvalue weighted by Gasteiger charge is 2.29. The van der Waals surface area contributed by atoms with E-state index < -0.39 is 11.4 Å². The topological polar surface area (TPSA) is 110 Å². The number of hydrogen-bond acceptors (Lipinski definition) is 8. The lowest BCUT2D eigenvalue weighted by Crippen LogP contribution is -2.41. The van der Waals surface area contributed by atoms with Crippen LogP contribution in [0.4, 0.5) is 17.5 Å². The molecule has 1 aliphatic heterocycles. The van der Waals surface area contributed by atoms with Crippen LogP contribution in [0.1, 0.15) is 39.2 Å². The van der Waals surface area contributed by atoms with Gasteiger partial charge < -0.3 is 24.8 Å². The fourth-order valence-corrected chi connectivity index (χ4v) is 4.83. The van der Waals surface area contributed by atoms with Crippen LogP contribution in [0, 0.1) is 0 Å². The second-order valence-corrected chi connectivity index (χ2v) is 10.5. The lowest BCUT2D eigenvalue weighted by Gasteiger charge is -2.33. The number of aromatic nitrogens is 3. The first-order valence-electron chi connectivity index (χ1n) is 13.9. The highest BCUT2D eigenvalue weighted by Crippen LogP contribution is 2.31. The zero-order chi connectivity index (χ0) is 28.8. The van der Waals surface area contributed by atoms with Gasteiger partial charge in [0.05, 0.1) is 31.0 Å². The maximum atomic E-state index is 11.8. The maximum absolute atomic E-state index is 11.8. The van der Waals surface area contributed by atoms with Crippen LogP contribution in [0.15, 0.2) is 79.3 Å². The largest absolute Gasteiger partial charge is 0.490 e. The fourth-order valence-electron chi connectivity index (χ4n) is 4.83. The molecule has 0 radical (unpaired) electrons. The molecule has 0 aliphatic carbocycles. The van der Waals surface area contributed by atoms with Gasteiger partial charge in [0.2, 0.25) is 0 Å². The Morgan fingerprint density at radius 3 is 2.66 bits per heavy atom. The van der Waals surface area contributed by atoms with Crippen LogP contribution in [0.3, 0.4) is 0 Å². The van der Waals surface area contributed by atoms with Crippen molar-refractivity contribution in [3.05, 3.63) is 84.8 Å². The summed E-state index contributed by atoms with van der Waals surface area (Å²) in [6.45, 7) is 7.51. The Morgan fingerprint density at radius 1 is 1.05 bits per heavy atom. The molecule has 3 heterocycles. The number of nitrogens with one attached hydrogen (secondary N) is 1. The number of nitrogens with zero attached hydrogens (tertiary/aromatic N) is 4. The van der Waals surface area contributed by atoms with Crippen molar-refractivity contribution in [1.82, 2.24) is 15.0 Å². The molecule has 0 amide bonds. The number of benzene rings is 2. The number of piperidine rings is 1. The van der Waals surface area contributed by atoms with Crippen molar-refractivity contribution in [3.8, 4) is 22.6 Å². The minimum atomic E-state index is -0.995. The van der Waals surface area contributed by atoms with Crippen LogP contribution in [0.2, 0.25) is 0 Å². The van der Waals surface area contributed by atoms with Gasteiger partial charge in [-0.05, 0) is 74.6 Å². The number of ether oxygens (including phenoxy) is 2. The number of aliphatic carboxylic acids is 1. The minimum Gasteiger partial charge on any atom is -0.490 e. The summed E-state index contributed by atoms with van der Waals surface area (Å²) >= 11 is 0. The van der Waals surface area contributed by atoms with Gasteiger partial charge in [0.25, 0.3) is 0 Å². The van der Waals surface area contributed by atoms with E-state index in [1.165, 1.54) is 0 Å². The number of hydrogen-bond donors (Lipinski definition) is 2. The van der Waals surface area contributed by atoms with Gasteiger partial charge in [0, 0.05) is 12.7 Å². The van der Waals surface area contributed by atoms with Crippen molar-refractivity contribution in [2.45, 2.75) is 45.1 Å². The number of carboxylic acid groups (broad SMARTS) is 1. The molecule has 1 unspecified atom stereocenters. The molecular weight excluding hydrogens is 518 g/mol. The Balaban J connectivity index is 1.29. The van der Waals surface area contributed by atoms with Crippen LogP contribution in [-0.2, 0) is 10.2 Å². The fraction of sp³-hybridized carbons (Fsp3) is 0.312. The van der Waals surface area contributed by atoms with Crippen LogP contribution in [0.5, 0.6) is 11.5 Å². The lowest BCUT2D eigenvalue weighted by atomic mass is 9.83. The first kappa shape index (κ1) is 27.9. The second-order valence-electron chi connectivity index (χ2n) is 10.5. The molecule has 1 saturated heterocycles. The van der Waals surface area contributed by atoms with Crippen LogP contribution in [-0.4, -0.2) is 51.8 Å². The molecule has 2 N–H and O–H groups in total. The molecule has 0 saturated carbocycles. The van der Waals surface area contributed by atoms with E-state index in [0.717, 1.165) is 53.4 Å². The molecule has 41 heavy (non-hydrogen) atoms. The summed E-state index contributed by atoms with van der Waals surface area (Å²) in [4.78, 5) is 27.7. The number of rotatable bonds is 10. The Kier molecular flexibility index (Phi) is 8.33. The van der Waals surface area contributed by atoms with Gasteiger partial charge in [-0.15, -0.1) is 0 Å². The van der Waals surface area contributed by atoms with Crippen molar-refractivity contribution in [1.29, 1.82) is 0 Å². The van der Waals surface area contributed by atoms with Crippen molar-refractivity contribution in [2.75, 3.05) is 29.9 Å². The van der Waals surface area contributed by atoms with Crippen molar-refractivity contribution < 1.29 is 19.4 Å². The van der Waals surface area contributed by atoms with Gasteiger partial charge in [0.15, 0.2) is 17.3 Å². The van der Waals surface area contributed by atoms with E-state index in [-0.39, 0.29) is 6.10 Å². The standard InChI is InChI=1S/C32H35N5O4/c1-4-40-26-12-5-6-13-27(26)41-25-11-8-16-37(21-25)30-20-33-19-29(36-30)35-28-18-23(14-15-34-28)22-9-7-10-24(17-22)32(2,3)31(38)39/h5-7,9-10,12-15,17-20,25H,4,8,11,16,21H2,1-3H3,(H,38,39)(H,34,35,36).